The Morgan fingerprint density at radius 1 is 1.16 bits per heavy atom. The molecule has 0 saturated carbocycles. The summed E-state index contributed by atoms with van der Waals surface area (Å²) in [6, 6.07) is 12.4. The molecule has 0 aliphatic heterocycles. The van der Waals surface area contributed by atoms with Gasteiger partial charge in [-0.05, 0) is 24.3 Å². The first-order valence-electron chi connectivity index (χ1n) is 5.83. The van der Waals surface area contributed by atoms with Crippen LogP contribution in [0.3, 0.4) is 0 Å². The van der Waals surface area contributed by atoms with Crippen molar-refractivity contribution in [2.24, 2.45) is 0 Å². The second kappa shape index (κ2) is 3.48. The number of para-hydroxylation sites is 1. The minimum absolute atomic E-state index is 0.135. The van der Waals surface area contributed by atoms with Gasteiger partial charge in [0.2, 0.25) is 0 Å². The van der Waals surface area contributed by atoms with E-state index in [4.69, 9.17) is 12.3 Å². The van der Waals surface area contributed by atoms with Crippen molar-refractivity contribution in [3.8, 4) is 0 Å². The summed E-state index contributed by atoms with van der Waals surface area (Å²) in [5, 5.41) is 0.533. The van der Waals surface area contributed by atoms with Crippen LogP contribution in [0.1, 0.15) is 0 Å². The predicted octanol–water partition coefficient (Wildman–Crippen LogP) is 1.39. The van der Waals surface area contributed by atoms with Crippen LogP contribution < -0.4 is 11.0 Å². The molecule has 0 fully saturated rings. The molecule has 0 saturated heterocycles. The largest absolute Gasteiger partial charge is 0.424 e. The van der Waals surface area contributed by atoms with E-state index in [0.29, 0.717) is 27.5 Å². The Kier molecular flexibility index (Phi) is 1.90. The Morgan fingerprint density at radius 2 is 2.00 bits per heavy atom. The summed E-state index contributed by atoms with van der Waals surface area (Å²) in [4.78, 5) is 16.8. The van der Waals surface area contributed by atoms with Crippen molar-refractivity contribution in [3.63, 3.8) is 0 Å². The second-order valence-electron chi connectivity index (χ2n) is 4.38. The first kappa shape index (κ1) is 10.4. The third kappa shape index (κ3) is 1.35. The van der Waals surface area contributed by atoms with E-state index in [2.05, 4.69) is 4.98 Å². The molecule has 0 N–H and O–H groups in total. The van der Waals surface area contributed by atoms with Gasteiger partial charge in [0, 0.05) is 0 Å². The monoisotopic (exact) mass is 246 g/mol. The van der Waals surface area contributed by atoms with Gasteiger partial charge in [0.15, 0.2) is 0 Å². The summed E-state index contributed by atoms with van der Waals surface area (Å²) in [5.74, 6) is 0.282. The molecule has 4 rings (SSSR count). The van der Waals surface area contributed by atoms with Gasteiger partial charge in [-0.15, -0.1) is 0 Å². The Hall–Kier alpha value is -2.56. The third-order valence-electron chi connectivity index (χ3n) is 3.17. The number of benzene rings is 2. The van der Waals surface area contributed by atoms with Crippen molar-refractivity contribution in [2.75, 3.05) is 0 Å². The minimum Gasteiger partial charge on any atom is -0.424 e. The van der Waals surface area contributed by atoms with Gasteiger partial charge >= 0.3 is 5.84 Å². The van der Waals surface area contributed by atoms with E-state index in [1.165, 1.54) is 4.40 Å². The highest BCUT2D eigenvalue weighted by Crippen LogP contribution is 2.17. The molecule has 2 radical (unpaired) electrons. The molecule has 19 heavy (non-hydrogen) atoms. The summed E-state index contributed by atoms with van der Waals surface area (Å²) in [5.41, 5.74) is 2.35. The molecule has 0 atom stereocenters. The fourth-order valence-corrected chi connectivity index (χ4v) is 2.29. The number of aromatic nitrogens is 2. The van der Waals surface area contributed by atoms with Gasteiger partial charge in [0.05, 0.1) is 16.4 Å². The standard InChI is InChI=1S/C14H7BN2O2/c15-8-5-6-11-10(7-8)16-14-17(11)13(18)9-3-1-2-4-12(9)19-14/h1-7H. The zero-order valence-electron chi connectivity index (χ0n) is 9.83. The fraction of sp³-hybridized carbons (Fsp3) is 0. The molecule has 0 aliphatic carbocycles. The molecule has 2 aromatic carbocycles. The molecule has 5 heteroatoms. The normalized spacial score (nSPS) is 11.6. The molecule has 4 aromatic rings. The van der Waals surface area contributed by atoms with Crippen LogP contribution in [0.25, 0.3) is 27.8 Å². The predicted molar refractivity (Wildman–Crippen MR) is 74.1 cm³/mol. The summed E-state index contributed by atoms with van der Waals surface area (Å²) >= 11 is 0. The lowest BCUT2D eigenvalue weighted by atomic mass is 9.96. The summed E-state index contributed by atoms with van der Waals surface area (Å²) in [6.07, 6.45) is 0. The number of imidazole rings is 1. The zero-order chi connectivity index (χ0) is 13.0. The third-order valence-corrected chi connectivity index (χ3v) is 3.17. The SMILES string of the molecule is [B]c1ccc2c(c1)nc1oc3ccccc3c(=O)n12. The van der Waals surface area contributed by atoms with E-state index in [0.717, 1.165) is 0 Å². The zero-order valence-corrected chi connectivity index (χ0v) is 9.83. The van der Waals surface area contributed by atoms with Crippen LogP contribution in [0.4, 0.5) is 0 Å². The minimum atomic E-state index is -0.135. The van der Waals surface area contributed by atoms with Crippen molar-refractivity contribution in [1.82, 2.24) is 9.38 Å². The van der Waals surface area contributed by atoms with Crippen molar-refractivity contribution >= 4 is 41.2 Å². The maximum Gasteiger partial charge on any atom is 0.310 e. The molecular formula is C14H7BN2O2. The number of nitrogens with zero attached hydrogens (tertiary/aromatic N) is 2. The molecule has 0 aliphatic rings. The molecule has 4 nitrogen and oxygen atoms in total. The van der Waals surface area contributed by atoms with Crippen LogP contribution in [0.2, 0.25) is 0 Å². The average molecular weight is 246 g/mol. The number of rotatable bonds is 0. The lowest BCUT2D eigenvalue weighted by Gasteiger charge is -1.98. The van der Waals surface area contributed by atoms with Gasteiger partial charge in [0.25, 0.3) is 5.56 Å². The first-order chi connectivity index (χ1) is 9.24. The molecule has 0 bridgehead atoms. The fourth-order valence-electron chi connectivity index (χ4n) is 2.29. The van der Waals surface area contributed by atoms with Crippen LogP contribution >= 0.6 is 0 Å². The van der Waals surface area contributed by atoms with Crippen molar-refractivity contribution in [1.29, 1.82) is 0 Å². The Bertz CT molecular complexity index is 1000. The van der Waals surface area contributed by atoms with Crippen molar-refractivity contribution in [3.05, 3.63) is 52.8 Å². The van der Waals surface area contributed by atoms with E-state index < -0.39 is 0 Å². The average Bonchev–Trinajstić information content (AvgIpc) is 2.76. The van der Waals surface area contributed by atoms with Gasteiger partial charge < -0.3 is 4.42 Å². The number of hydrogen-bond acceptors (Lipinski definition) is 3. The van der Waals surface area contributed by atoms with E-state index >= 15 is 0 Å². The molecule has 88 valence electrons. The van der Waals surface area contributed by atoms with Gasteiger partial charge in [-0.1, -0.05) is 23.7 Å². The topological polar surface area (TPSA) is 47.5 Å². The maximum absolute atomic E-state index is 12.5. The quantitative estimate of drug-likeness (QED) is 0.440. The molecule has 2 heterocycles. The second-order valence-corrected chi connectivity index (χ2v) is 4.38. The Morgan fingerprint density at radius 3 is 2.89 bits per heavy atom. The van der Waals surface area contributed by atoms with Crippen LogP contribution in [0.15, 0.2) is 51.7 Å². The van der Waals surface area contributed by atoms with E-state index in [1.54, 1.807) is 30.3 Å². The van der Waals surface area contributed by atoms with Gasteiger partial charge in [-0.2, -0.15) is 4.98 Å². The highest BCUT2D eigenvalue weighted by atomic mass is 16.3. The van der Waals surface area contributed by atoms with Gasteiger partial charge in [-0.25, -0.2) is 4.40 Å². The van der Waals surface area contributed by atoms with Crippen molar-refractivity contribution in [2.45, 2.75) is 0 Å². The van der Waals surface area contributed by atoms with E-state index in [-0.39, 0.29) is 11.4 Å². The molecule has 0 unspecified atom stereocenters. The molecule has 0 amide bonds. The van der Waals surface area contributed by atoms with E-state index in [9.17, 15) is 4.79 Å². The summed E-state index contributed by atoms with van der Waals surface area (Å²) in [6.45, 7) is 0. The summed E-state index contributed by atoms with van der Waals surface area (Å²) in [7, 11) is 5.73. The number of fused-ring (bicyclic) bond motifs is 4. The molecule has 0 spiro atoms. The lowest BCUT2D eigenvalue weighted by Crippen LogP contribution is -2.12. The van der Waals surface area contributed by atoms with Crippen LogP contribution in [0, 0.1) is 0 Å². The molecule has 2 aromatic heterocycles. The molecular weight excluding hydrogens is 239 g/mol. The summed E-state index contributed by atoms with van der Waals surface area (Å²) < 4.78 is 7.13. The first-order valence-corrected chi connectivity index (χ1v) is 5.83. The van der Waals surface area contributed by atoms with Gasteiger partial charge in [-0.3, -0.25) is 4.79 Å². The van der Waals surface area contributed by atoms with E-state index in [1.807, 2.05) is 12.1 Å². The Labute approximate surface area is 108 Å². The van der Waals surface area contributed by atoms with Gasteiger partial charge in [0.1, 0.15) is 13.4 Å². The van der Waals surface area contributed by atoms with Crippen LogP contribution in [-0.2, 0) is 0 Å². The van der Waals surface area contributed by atoms with Crippen LogP contribution in [0.5, 0.6) is 0 Å². The van der Waals surface area contributed by atoms with Crippen molar-refractivity contribution < 1.29 is 4.42 Å². The highest BCUT2D eigenvalue weighted by Gasteiger charge is 2.12. The number of hydrogen-bond donors (Lipinski definition) is 0. The highest BCUT2D eigenvalue weighted by molar-refractivity contribution is 6.33. The smallest absolute Gasteiger partial charge is 0.310 e. The van der Waals surface area contributed by atoms with Crippen LogP contribution in [-0.4, -0.2) is 17.2 Å². The maximum atomic E-state index is 12.5. The Balaban J connectivity index is 2.33. The lowest BCUT2D eigenvalue weighted by molar-refractivity contribution is 0.616.